The molecule has 0 aromatic rings. The molecule has 78 valence electrons. The molecule has 0 aliphatic carbocycles. The van der Waals surface area contributed by atoms with Crippen LogP contribution in [0.5, 0.6) is 0 Å². The average Bonchev–Trinajstić information content (AvgIpc) is 2.55. The van der Waals surface area contributed by atoms with Crippen molar-refractivity contribution in [2.24, 2.45) is 5.92 Å². The Kier molecular flexibility index (Phi) is 4.16. The van der Waals surface area contributed by atoms with E-state index in [1.54, 1.807) is 14.2 Å². The van der Waals surface area contributed by atoms with Crippen LogP contribution < -0.4 is 5.32 Å². The Bertz CT molecular complexity index is 144. The van der Waals surface area contributed by atoms with E-state index in [0.29, 0.717) is 5.92 Å². The highest BCUT2D eigenvalue weighted by atomic mass is 16.5. The van der Waals surface area contributed by atoms with Crippen molar-refractivity contribution in [3.63, 3.8) is 0 Å². The third-order valence-electron chi connectivity index (χ3n) is 3.04. The van der Waals surface area contributed by atoms with Crippen molar-refractivity contribution in [2.45, 2.75) is 25.3 Å². The summed E-state index contributed by atoms with van der Waals surface area (Å²) in [6.45, 7) is 4.92. The fourth-order valence-electron chi connectivity index (χ4n) is 2.18. The monoisotopic (exact) mass is 187 g/mol. The zero-order chi connectivity index (χ0) is 9.73. The molecule has 1 aliphatic heterocycles. The Morgan fingerprint density at radius 3 is 2.62 bits per heavy atom. The van der Waals surface area contributed by atoms with Crippen LogP contribution in [0, 0.1) is 5.92 Å². The fourth-order valence-corrected chi connectivity index (χ4v) is 2.18. The van der Waals surface area contributed by atoms with Crippen molar-refractivity contribution in [3.05, 3.63) is 0 Å². The van der Waals surface area contributed by atoms with Crippen molar-refractivity contribution < 1.29 is 9.47 Å². The molecule has 0 aromatic heterocycles. The number of methoxy groups -OCH3 is 2. The van der Waals surface area contributed by atoms with Crippen LogP contribution in [0.4, 0.5) is 0 Å². The standard InChI is InChI=1S/C10H21NO2/c1-9(7-12-2)10(8-13-3)5-4-6-11-10/h9,11H,4-8H2,1-3H3/t9?,10-/m0/s1. The molecule has 0 saturated carbocycles. The lowest BCUT2D eigenvalue weighted by atomic mass is 9.85. The Hall–Kier alpha value is -0.120. The van der Waals surface area contributed by atoms with Crippen molar-refractivity contribution in [1.82, 2.24) is 5.32 Å². The molecule has 0 spiro atoms. The van der Waals surface area contributed by atoms with E-state index in [1.165, 1.54) is 12.8 Å². The lowest BCUT2D eigenvalue weighted by Gasteiger charge is -2.34. The highest BCUT2D eigenvalue weighted by molar-refractivity contribution is 4.96. The molecule has 1 rings (SSSR count). The minimum Gasteiger partial charge on any atom is -0.384 e. The van der Waals surface area contributed by atoms with Gasteiger partial charge in [-0.3, -0.25) is 0 Å². The van der Waals surface area contributed by atoms with E-state index in [2.05, 4.69) is 12.2 Å². The number of hydrogen-bond acceptors (Lipinski definition) is 3. The Morgan fingerprint density at radius 2 is 2.15 bits per heavy atom. The maximum absolute atomic E-state index is 5.28. The quantitative estimate of drug-likeness (QED) is 0.697. The first kappa shape index (κ1) is 11.0. The van der Waals surface area contributed by atoms with E-state index in [0.717, 1.165) is 19.8 Å². The molecule has 1 heterocycles. The summed E-state index contributed by atoms with van der Waals surface area (Å²) in [4.78, 5) is 0. The van der Waals surface area contributed by atoms with Gasteiger partial charge in [-0.2, -0.15) is 0 Å². The first-order valence-corrected chi connectivity index (χ1v) is 4.98. The van der Waals surface area contributed by atoms with Crippen LogP contribution in [-0.4, -0.2) is 39.5 Å². The first-order valence-electron chi connectivity index (χ1n) is 4.98. The van der Waals surface area contributed by atoms with Gasteiger partial charge >= 0.3 is 0 Å². The van der Waals surface area contributed by atoms with Crippen molar-refractivity contribution in [2.75, 3.05) is 34.0 Å². The predicted octanol–water partition coefficient (Wildman–Crippen LogP) is 1.04. The second-order valence-electron chi connectivity index (χ2n) is 3.98. The maximum Gasteiger partial charge on any atom is 0.0648 e. The van der Waals surface area contributed by atoms with E-state index in [-0.39, 0.29) is 5.54 Å². The first-order chi connectivity index (χ1) is 6.25. The molecule has 13 heavy (non-hydrogen) atoms. The van der Waals surface area contributed by atoms with Gasteiger partial charge in [-0.05, 0) is 25.3 Å². The molecule has 3 heteroatoms. The number of ether oxygens (including phenoxy) is 2. The Labute approximate surface area is 80.8 Å². The van der Waals surface area contributed by atoms with Gasteiger partial charge in [0.05, 0.1) is 13.2 Å². The normalized spacial score (nSPS) is 30.7. The summed E-state index contributed by atoms with van der Waals surface area (Å²) in [5, 5.41) is 3.55. The molecule has 3 nitrogen and oxygen atoms in total. The molecule has 0 bridgehead atoms. The van der Waals surface area contributed by atoms with E-state index in [1.807, 2.05) is 0 Å². The van der Waals surface area contributed by atoms with Gasteiger partial charge in [-0.15, -0.1) is 0 Å². The third-order valence-corrected chi connectivity index (χ3v) is 3.04. The largest absolute Gasteiger partial charge is 0.384 e. The van der Waals surface area contributed by atoms with Crippen LogP contribution in [0.25, 0.3) is 0 Å². The van der Waals surface area contributed by atoms with Crippen LogP contribution in [0.2, 0.25) is 0 Å². The van der Waals surface area contributed by atoms with Crippen LogP contribution in [-0.2, 0) is 9.47 Å². The van der Waals surface area contributed by atoms with Gasteiger partial charge in [0.15, 0.2) is 0 Å². The van der Waals surface area contributed by atoms with E-state index >= 15 is 0 Å². The van der Waals surface area contributed by atoms with Gasteiger partial charge in [-0.25, -0.2) is 0 Å². The van der Waals surface area contributed by atoms with Crippen LogP contribution >= 0.6 is 0 Å². The van der Waals surface area contributed by atoms with E-state index in [9.17, 15) is 0 Å². The highest BCUT2D eigenvalue weighted by Crippen LogP contribution is 2.28. The average molecular weight is 187 g/mol. The molecule has 1 N–H and O–H groups in total. The summed E-state index contributed by atoms with van der Waals surface area (Å²) in [6, 6.07) is 0. The molecular weight excluding hydrogens is 166 g/mol. The summed E-state index contributed by atoms with van der Waals surface area (Å²) in [7, 11) is 3.52. The Balaban J connectivity index is 2.54. The zero-order valence-electron chi connectivity index (χ0n) is 8.93. The molecule has 0 amide bonds. The number of nitrogens with one attached hydrogen (secondary N) is 1. The van der Waals surface area contributed by atoms with Crippen molar-refractivity contribution >= 4 is 0 Å². The van der Waals surface area contributed by atoms with Crippen molar-refractivity contribution in [1.29, 1.82) is 0 Å². The Morgan fingerprint density at radius 1 is 1.38 bits per heavy atom. The smallest absolute Gasteiger partial charge is 0.0648 e. The topological polar surface area (TPSA) is 30.5 Å². The summed E-state index contributed by atoms with van der Waals surface area (Å²) >= 11 is 0. The maximum atomic E-state index is 5.28. The van der Waals surface area contributed by atoms with Gasteiger partial charge in [0.25, 0.3) is 0 Å². The minimum absolute atomic E-state index is 0.157. The van der Waals surface area contributed by atoms with Gasteiger partial charge in [0, 0.05) is 19.8 Å². The molecule has 0 radical (unpaired) electrons. The molecule has 1 saturated heterocycles. The van der Waals surface area contributed by atoms with Gasteiger partial charge in [0.2, 0.25) is 0 Å². The SMILES string of the molecule is COCC(C)[C@@]1(COC)CCCN1. The van der Waals surface area contributed by atoms with Crippen LogP contribution in [0.15, 0.2) is 0 Å². The lowest BCUT2D eigenvalue weighted by molar-refractivity contribution is 0.0463. The summed E-state index contributed by atoms with van der Waals surface area (Å²) in [6.07, 6.45) is 2.45. The zero-order valence-corrected chi connectivity index (χ0v) is 8.93. The molecule has 1 fully saturated rings. The highest BCUT2D eigenvalue weighted by Gasteiger charge is 2.38. The molecule has 1 unspecified atom stereocenters. The predicted molar refractivity (Wildman–Crippen MR) is 52.9 cm³/mol. The molecular formula is C10H21NO2. The number of hydrogen-bond donors (Lipinski definition) is 1. The van der Waals surface area contributed by atoms with Gasteiger partial charge in [-0.1, -0.05) is 6.92 Å². The van der Waals surface area contributed by atoms with Crippen LogP contribution in [0.3, 0.4) is 0 Å². The van der Waals surface area contributed by atoms with Crippen LogP contribution in [0.1, 0.15) is 19.8 Å². The summed E-state index contributed by atoms with van der Waals surface area (Å²) in [5.41, 5.74) is 0.157. The van der Waals surface area contributed by atoms with Gasteiger partial charge < -0.3 is 14.8 Å². The second kappa shape index (κ2) is 4.94. The molecule has 2 atom stereocenters. The second-order valence-corrected chi connectivity index (χ2v) is 3.98. The minimum atomic E-state index is 0.157. The fraction of sp³-hybridized carbons (Fsp3) is 1.00. The van der Waals surface area contributed by atoms with Gasteiger partial charge in [0.1, 0.15) is 0 Å². The number of rotatable bonds is 5. The molecule has 0 aromatic carbocycles. The third kappa shape index (κ3) is 2.42. The van der Waals surface area contributed by atoms with E-state index < -0.39 is 0 Å². The summed E-state index contributed by atoms with van der Waals surface area (Å²) in [5.74, 6) is 0.514. The summed E-state index contributed by atoms with van der Waals surface area (Å²) < 4.78 is 10.5. The molecule has 1 aliphatic rings. The van der Waals surface area contributed by atoms with Crippen molar-refractivity contribution in [3.8, 4) is 0 Å². The lowest BCUT2D eigenvalue weighted by Crippen LogP contribution is -2.51. The van der Waals surface area contributed by atoms with E-state index in [4.69, 9.17) is 9.47 Å².